The molecule has 102 valence electrons. The topological polar surface area (TPSA) is 20.3 Å². The average Bonchev–Trinajstić information content (AvgIpc) is 2.34. The van der Waals surface area contributed by atoms with Crippen LogP contribution in [-0.2, 0) is 4.79 Å². The molecule has 0 radical (unpaired) electrons. The first-order chi connectivity index (χ1) is 8.49. The Morgan fingerprint density at radius 2 is 1.83 bits per heavy atom. The molecule has 18 heavy (non-hydrogen) atoms. The maximum Gasteiger partial charge on any atom is 0.136 e. The van der Waals surface area contributed by atoms with E-state index < -0.39 is 0 Å². The van der Waals surface area contributed by atoms with Gasteiger partial charge in [-0.1, -0.05) is 33.6 Å². The van der Waals surface area contributed by atoms with E-state index in [1.807, 2.05) is 13.8 Å². The van der Waals surface area contributed by atoms with Gasteiger partial charge in [-0.15, -0.1) is 5.92 Å². The summed E-state index contributed by atoms with van der Waals surface area (Å²) in [6.07, 6.45) is 3.03. The Labute approximate surface area is 112 Å². The molecule has 1 heterocycles. The molecule has 2 heteroatoms. The highest BCUT2D eigenvalue weighted by Crippen LogP contribution is 2.17. The molecular formula is C16H27NO. The van der Waals surface area contributed by atoms with Crippen molar-refractivity contribution in [1.29, 1.82) is 0 Å². The Morgan fingerprint density at radius 3 is 2.33 bits per heavy atom. The highest BCUT2D eigenvalue weighted by molar-refractivity contribution is 5.80. The Bertz CT molecular complexity index is 314. The summed E-state index contributed by atoms with van der Waals surface area (Å²) in [5.74, 6) is 8.27. The maximum absolute atomic E-state index is 11.6. The first kappa shape index (κ1) is 15.2. The summed E-state index contributed by atoms with van der Waals surface area (Å²) < 4.78 is 0. The Balaban J connectivity index is 2.24. The predicted molar refractivity (Wildman–Crippen MR) is 76.2 cm³/mol. The molecule has 0 N–H and O–H groups in total. The van der Waals surface area contributed by atoms with Crippen LogP contribution < -0.4 is 0 Å². The number of Topliss-reactive ketones (excluding diaryl/α,β-unsaturated/α-hetero) is 1. The van der Waals surface area contributed by atoms with Crippen molar-refractivity contribution in [3.8, 4) is 11.8 Å². The summed E-state index contributed by atoms with van der Waals surface area (Å²) >= 11 is 0. The summed E-state index contributed by atoms with van der Waals surface area (Å²) in [7, 11) is 0. The van der Waals surface area contributed by atoms with Crippen molar-refractivity contribution >= 4 is 5.78 Å². The fourth-order valence-electron chi connectivity index (χ4n) is 2.14. The summed E-state index contributed by atoms with van der Waals surface area (Å²) in [6.45, 7) is 11.4. The molecule has 0 bridgehead atoms. The van der Waals surface area contributed by atoms with Gasteiger partial charge in [-0.2, -0.15) is 0 Å². The van der Waals surface area contributed by atoms with Gasteiger partial charge in [-0.05, 0) is 25.9 Å². The molecule has 0 saturated carbocycles. The second-order valence-corrected chi connectivity index (χ2v) is 5.93. The Hall–Kier alpha value is -0.810. The van der Waals surface area contributed by atoms with Gasteiger partial charge in [0.05, 0.1) is 0 Å². The molecular weight excluding hydrogens is 222 g/mol. The highest BCUT2D eigenvalue weighted by atomic mass is 16.1. The monoisotopic (exact) mass is 249 g/mol. The lowest BCUT2D eigenvalue weighted by Gasteiger charge is -2.29. The molecule has 0 spiro atoms. The first-order valence-corrected chi connectivity index (χ1v) is 7.25. The average molecular weight is 249 g/mol. The van der Waals surface area contributed by atoms with Crippen molar-refractivity contribution in [2.45, 2.75) is 47.0 Å². The number of carbonyl (C=O) groups excluding carboxylic acids is 1. The second kappa shape index (κ2) is 7.59. The molecule has 0 aliphatic carbocycles. The number of hydrogen-bond acceptors (Lipinski definition) is 2. The molecule has 1 fully saturated rings. The van der Waals surface area contributed by atoms with Gasteiger partial charge < -0.3 is 4.90 Å². The zero-order chi connectivity index (χ0) is 13.5. The van der Waals surface area contributed by atoms with Crippen LogP contribution in [0.1, 0.15) is 47.0 Å². The van der Waals surface area contributed by atoms with Crippen LogP contribution in [0.3, 0.4) is 0 Å². The van der Waals surface area contributed by atoms with Crippen molar-refractivity contribution in [2.75, 3.05) is 19.6 Å². The molecule has 0 atom stereocenters. The lowest BCUT2D eigenvalue weighted by atomic mass is 9.96. The van der Waals surface area contributed by atoms with Gasteiger partial charge in [0, 0.05) is 30.7 Å². The van der Waals surface area contributed by atoms with E-state index in [4.69, 9.17) is 0 Å². The maximum atomic E-state index is 11.6. The van der Waals surface area contributed by atoms with E-state index in [2.05, 4.69) is 30.6 Å². The largest absolute Gasteiger partial charge is 0.303 e. The van der Waals surface area contributed by atoms with Gasteiger partial charge in [0.1, 0.15) is 5.78 Å². The SMILES string of the molecule is CC(C)C#CC1CCN(CCC(=O)C(C)C)CC1. The molecule has 1 rings (SSSR count). The summed E-state index contributed by atoms with van der Waals surface area (Å²) in [6, 6.07) is 0. The molecule has 1 aliphatic heterocycles. The zero-order valence-corrected chi connectivity index (χ0v) is 12.3. The van der Waals surface area contributed by atoms with Gasteiger partial charge >= 0.3 is 0 Å². The van der Waals surface area contributed by atoms with E-state index in [-0.39, 0.29) is 5.92 Å². The smallest absolute Gasteiger partial charge is 0.136 e. The van der Waals surface area contributed by atoms with Crippen molar-refractivity contribution < 1.29 is 4.79 Å². The van der Waals surface area contributed by atoms with Crippen LogP contribution in [0.4, 0.5) is 0 Å². The van der Waals surface area contributed by atoms with Crippen molar-refractivity contribution in [3.63, 3.8) is 0 Å². The molecule has 0 unspecified atom stereocenters. The number of hydrogen-bond donors (Lipinski definition) is 0. The fraction of sp³-hybridized carbons (Fsp3) is 0.812. The third-order valence-electron chi connectivity index (χ3n) is 3.48. The van der Waals surface area contributed by atoms with Gasteiger partial charge in [0.2, 0.25) is 0 Å². The van der Waals surface area contributed by atoms with Gasteiger partial charge in [-0.3, -0.25) is 4.79 Å². The van der Waals surface area contributed by atoms with Crippen molar-refractivity contribution in [1.82, 2.24) is 4.90 Å². The number of ketones is 1. The lowest BCUT2D eigenvalue weighted by Crippen LogP contribution is -2.35. The second-order valence-electron chi connectivity index (χ2n) is 5.93. The van der Waals surface area contributed by atoms with Crippen LogP contribution in [0.15, 0.2) is 0 Å². The van der Waals surface area contributed by atoms with Crippen LogP contribution in [0.25, 0.3) is 0 Å². The molecule has 0 aromatic heterocycles. The van der Waals surface area contributed by atoms with Crippen molar-refractivity contribution in [2.24, 2.45) is 17.8 Å². The molecule has 0 aromatic carbocycles. The predicted octanol–water partition coefficient (Wildman–Crippen LogP) is 2.97. The summed E-state index contributed by atoms with van der Waals surface area (Å²) in [4.78, 5) is 14.0. The Kier molecular flexibility index (Phi) is 6.43. The minimum Gasteiger partial charge on any atom is -0.303 e. The van der Waals surface area contributed by atoms with Crippen molar-refractivity contribution in [3.05, 3.63) is 0 Å². The van der Waals surface area contributed by atoms with Crippen LogP contribution in [0.5, 0.6) is 0 Å². The zero-order valence-electron chi connectivity index (χ0n) is 12.3. The minimum atomic E-state index is 0.180. The van der Waals surface area contributed by atoms with E-state index in [0.717, 1.165) is 32.5 Å². The van der Waals surface area contributed by atoms with E-state index in [9.17, 15) is 4.79 Å². The molecule has 0 aromatic rings. The molecule has 0 amide bonds. The standard InChI is InChI=1S/C16H27NO/c1-13(2)5-6-15-7-10-17(11-8-15)12-9-16(18)14(3)4/h13-15H,7-12H2,1-4H3. The minimum absolute atomic E-state index is 0.180. The third-order valence-corrected chi connectivity index (χ3v) is 3.48. The van der Waals surface area contributed by atoms with Crippen LogP contribution in [0.2, 0.25) is 0 Å². The van der Waals surface area contributed by atoms with E-state index in [0.29, 0.717) is 24.0 Å². The van der Waals surface area contributed by atoms with Crippen LogP contribution in [-0.4, -0.2) is 30.3 Å². The molecule has 2 nitrogen and oxygen atoms in total. The number of carbonyl (C=O) groups is 1. The third kappa shape index (κ3) is 5.69. The van der Waals surface area contributed by atoms with Gasteiger partial charge in [-0.25, -0.2) is 0 Å². The highest BCUT2D eigenvalue weighted by Gasteiger charge is 2.18. The van der Waals surface area contributed by atoms with Gasteiger partial charge in [0.15, 0.2) is 0 Å². The number of likely N-dealkylation sites (tertiary alicyclic amines) is 1. The quantitative estimate of drug-likeness (QED) is 0.714. The van der Waals surface area contributed by atoms with E-state index in [1.165, 1.54) is 0 Å². The fourth-order valence-corrected chi connectivity index (χ4v) is 2.14. The molecule has 1 saturated heterocycles. The number of nitrogens with zero attached hydrogens (tertiary/aromatic N) is 1. The summed E-state index contributed by atoms with van der Waals surface area (Å²) in [5, 5.41) is 0. The molecule has 1 aliphatic rings. The van der Waals surface area contributed by atoms with Crippen LogP contribution >= 0.6 is 0 Å². The number of rotatable bonds is 4. The van der Waals surface area contributed by atoms with E-state index >= 15 is 0 Å². The van der Waals surface area contributed by atoms with E-state index in [1.54, 1.807) is 0 Å². The number of piperidine rings is 1. The normalized spacial score (nSPS) is 17.9. The first-order valence-electron chi connectivity index (χ1n) is 7.25. The lowest BCUT2D eigenvalue weighted by molar-refractivity contribution is -0.122. The van der Waals surface area contributed by atoms with Gasteiger partial charge in [0.25, 0.3) is 0 Å². The van der Waals surface area contributed by atoms with Crippen LogP contribution in [0, 0.1) is 29.6 Å². The Morgan fingerprint density at radius 1 is 1.22 bits per heavy atom. The summed E-state index contributed by atoms with van der Waals surface area (Å²) in [5.41, 5.74) is 0.